The van der Waals surface area contributed by atoms with Crippen molar-refractivity contribution in [3.8, 4) is 0 Å². The molecule has 0 atom stereocenters. The number of nitrogens with zero attached hydrogens (tertiary/aromatic N) is 1. The van der Waals surface area contributed by atoms with Gasteiger partial charge in [-0.3, -0.25) is 14.3 Å². The van der Waals surface area contributed by atoms with Gasteiger partial charge in [0.15, 0.2) is 0 Å². The zero-order chi connectivity index (χ0) is 15.8. The first kappa shape index (κ1) is 15.1. The van der Waals surface area contributed by atoms with Crippen LogP contribution in [-0.2, 0) is 12.7 Å². The Labute approximate surface area is 117 Å². The summed E-state index contributed by atoms with van der Waals surface area (Å²) >= 11 is 0. The molecule has 0 amide bonds. The summed E-state index contributed by atoms with van der Waals surface area (Å²) in [5.74, 6) is 0. The number of nitrogens with one attached hydrogen (secondary N) is 1. The van der Waals surface area contributed by atoms with E-state index in [4.69, 9.17) is 0 Å². The van der Waals surface area contributed by atoms with Crippen molar-refractivity contribution < 1.29 is 13.2 Å². The Morgan fingerprint density at radius 2 is 1.86 bits per heavy atom. The van der Waals surface area contributed by atoms with Gasteiger partial charge in [0.25, 0.3) is 5.56 Å². The predicted molar refractivity (Wildman–Crippen MR) is 71.3 cm³/mol. The van der Waals surface area contributed by atoms with Crippen LogP contribution in [0.15, 0.2) is 33.9 Å². The predicted octanol–water partition coefficient (Wildman–Crippen LogP) is 2.22. The molecule has 112 valence electrons. The van der Waals surface area contributed by atoms with Crippen LogP contribution in [0.2, 0.25) is 0 Å². The van der Waals surface area contributed by atoms with Crippen LogP contribution in [0.5, 0.6) is 0 Å². The summed E-state index contributed by atoms with van der Waals surface area (Å²) < 4.78 is 40.3. The largest absolute Gasteiger partial charge is 0.416 e. The molecular weight excluding hydrogens is 285 g/mol. The average molecular weight is 298 g/mol. The topological polar surface area (TPSA) is 54.9 Å². The third-order valence-electron chi connectivity index (χ3n) is 3.27. The van der Waals surface area contributed by atoms with Crippen LogP contribution in [0.3, 0.4) is 0 Å². The molecule has 2 rings (SSSR count). The Morgan fingerprint density at radius 3 is 2.43 bits per heavy atom. The van der Waals surface area contributed by atoms with Crippen molar-refractivity contribution in [3.05, 3.63) is 67.5 Å². The minimum absolute atomic E-state index is 0.0160. The number of alkyl halides is 3. The Kier molecular flexibility index (Phi) is 3.76. The normalized spacial score (nSPS) is 11.7. The highest BCUT2D eigenvalue weighted by Gasteiger charge is 2.33. The highest BCUT2D eigenvalue weighted by atomic mass is 19.4. The zero-order valence-corrected chi connectivity index (χ0v) is 11.4. The van der Waals surface area contributed by atoms with Gasteiger partial charge in [0, 0.05) is 11.8 Å². The van der Waals surface area contributed by atoms with Crippen LogP contribution in [0.25, 0.3) is 0 Å². The lowest BCUT2D eigenvalue weighted by Crippen LogP contribution is -2.32. The SMILES string of the molecule is Cc1cccc(C(F)(F)F)c1Cn1c(C)cc(=O)[nH]c1=O. The molecule has 1 aromatic carbocycles. The fourth-order valence-electron chi connectivity index (χ4n) is 2.17. The molecular formula is C14H13F3N2O2. The second kappa shape index (κ2) is 5.23. The molecule has 7 heteroatoms. The lowest BCUT2D eigenvalue weighted by molar-refractivity contribution is -0.138. The van der Waals surface area contributed by atoms with E-state index in [9.17, 15) is 22.8 Å². The van der Waals surface area contributed by atoms with Gasteiger partial charge in [-0.15, -0.1) is 0 Å². The number of hydrogen-bond donors (Lipinski definition) is 1. The van der Waals surface area contributed by atoms with Gasteiger partial charge < -0.3 is 0 Å². The molecule has 1 aromatic heterocycles. The number of rotatable bonds is 2. The molecule has 0 unspecified atom stereocenters. The van der Waals surface area contributed by atoms with Crippen molar-refractivity contribution in [1.82, 2.24) is 9.55 Å². The first-order chi connectivity index (χ1) is 9.70. The highest BCUT2D eigenvalue weighted by molar-refractivity contribution is 5.36. The lowest BCUT2D eigenvalue weighted by Gasteiger charge is -2.17. The third-order valence-corrected chi connectivity index (χ3v) is 3.27. The van der Waals surface area contributed by atoms with E-state index in [0.29, 0.717) is 11.3 Å². The van der Waals surface area contributed by atoms with Gasteiger partial charge in [0.2, 0.25) is 0 Å². The van der Waals surface area contributed by atoms with E-state index < -0.39 is 23.0 Å². The van der Waals surface area contributed by atoms with E-state index in [1.54, 1.807) is 13.0 Å². The van der Waals surface area contributed by atoms with Crippen molar-refractivity contribution in [2.45, 2.75) is 26.6 Å². The maximum Gasteiger partial charge on any atom is 0.416 e. The van der Waals surface area contributed by atoms with E-state index in [1.165, 1.54) is 19.1 Å². The molecule has 0 aliphatic carbocycles. The van der Waals surface area contributed by atoms with Crippen molar-refractivity contribution in [2.24, 2.45) is 0 Å². The van der Waals surface area contributed by atoms with Gasteiger partial charge in [0.1, 0.15) is 0 Å². The van der Waals surface area contributed by atoms with Crippen molar-refractivity contribution in [1.29, 1.82) is 0 Å². The summed E-state index contributed by atoms with van der Waals surface area (Å²) in [7, 11) is 0. The summed E-state index contributed by atoms with van der Waals surface area (Å²) in [5.41, 5.74) is -1.32. The molecule has 0 aliphatic rings. The Bertz CT molecular complexity index is 788. The number of hydrogen-bond acceptors (Lipinski definition) is 2. The van der Waals surface area contributed by atoms with E-state index >= 15 is 0 Å². The van der Waals surface area contributed by atoms with Gasteiger partial charge in [-0.05, 0) is 31.0 Å². The molecule has 0 bridgehead atoms. The molecule has 0 spiro atoms. The smallest absolute Gasteiger partial charge is 0.294 e. The van der Waals surface area contributed by atoms with Crippen molar-refractivity contribution in [2.75, 3.05) is 0 Å². The minimum Gasteiger partial charge on any atom is -0.294 e. The lowest BCUT2D eigenvalue weighted by atomic mass is 10.0. The summed E-state index contributed by atoms with van der Waals surface area (Å²) in [5, 5.41) is 0. The summed E-state index contributed by atoms with van der Waals surface area (Å²) in [4.78, 5) is 25.0. The zero-order valence-electron chi connectivity index (χ0n) is 11.4. The average Bonchev–Trinajstić information content (AvgIpc) is 2.33. The summed E-state index contributed by atoms with van der Waals surface area (Å²) in [6, 6.07) is 5.03. The molecule has 0 saturated carbocycles. The van der Waals surface area contributed by atoms with E-state index in [2.05, 4.69) is 0 Å². The second-order valence-corrected chi connectivity index (χ2v) is 4.77. The van der Waals surface area contributed by atoms with Crippen LogP contribution in [0, 0.1) is 13.8 Å². The highest BCUT2D eigenvalue weighted by Crippen LogP contribution is 2.33. The number of H-pyrrole nitrogens is 1. The minimum atomic E-state index is -4.50. The van der Waals surface area contributed by atoms with Crippen LogP contribution >= 0.6 is 0 Å². The molecule has 0 fully saturated rings. The standard InChI is InChI=1S/C14H13F3N2O2/c1-8-4-3-5-11(14(15,16)17)10(8)7-19-9(2)6-12(20)18-13(19)21/h3-6H,7H2,1-2H3,(H,18,20,21). The molecule has 2 aromatic rings. The molecule has 0 aliphatic heterocycles. The van der Waals surface area contributed by atoms with E-state index in [0.717, 1.165) is 10.6 Å². The Morgan fingerprint density at radius 1 is 1.19 bits per heavy atom. The first-order valence-electron chi connectivity index (χ1n) is 6.16. The van der Waals surface area contributed by atoms with Crippen molar-refractivity contribution in [3.63, 3.8) is 0 Å². The number of halogens is 3. The van der Waals surface area contributed by atoms with Gasteiger partial charge in [-0.1, -0.05) is 12.1 Å². The molecule has 4 nitrogen and oxygen atoms in total. The summed E-state index contributed by atoms with van der Waals surface area (Å²) in [6.07, 6.45) is -4.50. The molecule has 21 heavy (non-hydrogen) atoms. The van der Waals surface area contributed by atoms with Crippen LogP contribution in [-0.4, -0.2) is 9.55 Å². The van der Waals surface area contributed by atoms with E-state index in [1.807, 2.05) is 4.98 Å². The maximum atomic E-state index is 13.1. The first-order valence-corrected chi connectivity index (χ1v) is 6.16. The number of aromatic amines is 1. The van der Waals surface area contributed by atoms with Gasteiger partial charge in [-0.25, -0.2) is 4.79 Å². The van der Waals surface area contributed by atoms with Gasteiger partial charge >= 0.3 is 11.9 Å². The Balaban J connectivity index is 2.61. The Hall–Kier alpha value is -2.31. The molecule has 0 radical (unpaired) electrons. The van der Waals surface area contributed by atoms with Crippen LogP contribution in [0.1, 0.15) is 22.4 Å². The number of aromatic nitrogens is 2. The molecule has 0 saturated heterocycles. The van der Waals surface area contributed by atoms with Crippen LogP contribution < -0.4 is 11.2 Å². The summed E-state index contributed by atoms with van der Waals surface area (Å²) in [6.45, 7) is 2.81. The fourth-order valence-corrected chi connectivity index (χ4v) is 2.17. The maximum absolute atomic E-state index is 13.1. The van der Waals surface area contributed by atoms with Crippen molar-refractivity contribution >= 4 is 0 Å². The third kappa shape index (κ3) is 3.07. The monoisotopic (exact) mass is 298 g/mol. The fraction of sp³-hybridized carbons (Fsp3) is 0.286. The molecule has 1 heterocycles. The van der Waals surface area contributed by atoms with Gasteiger partial charge in [0.05, 0.1) is 12.1 Å². The van der Waals surface area contributed by atoms with Gasteiger partial charge in [-0.2, -0.15) is 13.2 Å². The second-order valence-electron chi connectivity index (χ2n) is 4.77. The quantitative estimate of drug-likeness (QED) is 0.924. The molecule has 1 N–H and O–H groups in total. The van der Waals surface area contributed by atoms with E-state index in [-0.39, 0.29) is 12.1 Å². The number of aryl methyl sites for hydroxylation is 2. The van der Waals surface area contributed by atoms with Crippen LogP contribution in [0.4, 0.5) is 13.2 Å². The number of benzene rings is 1.